The molecule has 9 heteroatoms. The van der Waals surface area contributed by atoms with Crippen molar-refractivity contribution in [2.45, 2.75) is 44.3 Å². The number of hydrogen-bond acceptors (Lipinski definition) is 7. The van der Waals surface area contributed by atoms with Crippen LogP contribution >= 0.6 is 23.4 Å². The summed E-state index contributed by atoms with van der Waals surface area (Å²) in [5.41, 5.74) is 5.47. The summed E-state index contributed by atoms with van der Waals surface area (Å²) in [7, 11) is 1.61. The van der Waals surface area contributed by atoms with Crippen LogP contribution in [0.25, 0.3) is 0 Å². The molecule has 39 heavy (non-hydrogen) atoms. The van der Waals surface area contributed by atoms with Crippen molar-refractivity contribution in [1.82, 2.24) is 14.8 Å². The van der Waals surface area contributed by atoms with Gasteiger partial charge in [0.25, 0.3) is 0 Å². The molecule has 0 saturated heterocycles. The first-order valence-corrected chi connectivity index (χ1v) is 13.9. The lowest BCUT2D eigenvalue weighted by molar-refractivity contribution is -0.114. The molecule has 2 heterocycles. The van der Waals surface area contributed by atoms with Gasteiger partial charge in [0.05, 0.1) is 7.11 Å². The summed E-state index contributed by atoms with van der Waals surface area (Å²) in [5.74, 6) is 2.35. The monoisotopic (exact) mass is 560 g/mol. The van der Waals surface area contributed by atoms with Gasteiger partial charge in [-0.1, -0.05) is 77.5 Å². The molecule has 0 radical (unpaired) electrons. The molecule has 0 aliphatic carbocycles. The Kier molecular flexibility index (Phi) is 7.95. The van der Waals surface area contributed by atoms with Gasteiger partial charge in [-0.2, -0.15) is 4.98 Å². The molecule has 1 aliphatic rings. The fourth-order valence-corrected chi connectivity index (χ4v) is 5.65. The third kappa shape index (κ3) is 5.82. The lowest BCUT2D eigenvalue weighted by Gasteiger charge is -2.28. The molecule has 1 aromatic heterocycles. The van der Waals surface area contributed by atoms with Crippen molar-refractivity contribution in [3.63, 3.8) is 0 Å². The molecule has 3 aromatic carbocycles. The van der Waals surface area contributed by atoms with Crippen LogP contribution in [0.15, 0.2) is 83.2 Å². The van der Waals surface area contributed by atoms with E-state index in [1.165, 1.54) is 17.3 Å². The number of benzene rings is 3. The van der Waals surface area contributed by atoms with Gasteiger partial charge < -0.3 is 14.8 Å². The number of hydrogen-bond donors (Lipinski definition) is 1. The minimum absolute atomic E-state index is 0.0462. The molecular weight excluding hydrogens is 532 g/mol. The number of thioether (sulfide) groups is 1. The molecular formula is C30H29ClN4O3S. The zero-order valence-electron chi connectivity index (χ0n) is 22.2. The number of rotatable bonds is 9. The molecule has 200 valence electrons. The Labute approximate surface area is 237 Å². The Morgan fingerprint density at radius 2 is 1.85 bits per heavy atom. The highest BCUT2D eigenvalue weighted by atomic mass is 35.5. The zero-order valence-corrected chi connectivity index (χ0v) is 23.8. The van der Waals surface area contributed by atoms with E-state index in [0.29, 0.717) is 45.6 Å². The Morgan fingerprint density at radius 3 is 2.56 bits per heavy atom. The Balaban J connectivity index is 1.44. The van der Waals surface area contributed by atoms with E-state index >= 15 is 0 Å². The number of Topliss-reactive ketones (excluding diaryl/α,β-unsaturated/α-hetero) is 1. The van der Waals surface area contributed by atoms with E-state index < -0.39 is 6.04 Å². The summed E-state index contributed by atoms with van der Waals surface area (Å²) in [6, 6.07) is 21.2. The van der Waals surface area contributed by atoms with Crippen molar-refractivity contribution in [2.75, 3.05) is 12.4 Å². The molecule has 0 amide bonds. The third-order valence-corrected chi connectivity index (χ3v) is 7.80. The standard InChI is InChI=1S/C30H29ClN4O3S/c1-18-9-11-21(12-10-18)16-38-25-14-13-22(15-26(25)37-4)28-27(20(3)36)19(2)32-29-33-30(34-35(28)29)39-17-23-7-5-6-8-24(23)31/h5-15,28H,16-17H2,1-4H3,(H,32,33,34). The molecule has 0 bridgehead atoms. The second kappa shape index (κ2) is 11.6. The van der Waals surface area contributed by atoms with E-state index in [9.17, 15) is 4.79 Å². The average molecular weight is 561 g/mol. The molecule has 1 unspecified atom stereocenters. The normalized spacial score (nSPS) is 14.5. The molecule has 0 fully saturated rings. The number of aryl methyl sites for hydroxylation is 1. The molecule has 0 spiro atoms. The molecule has 1 atom stereocenters. The smallest absolute Gasteiger partial charge is 0.227 e. The van der Waals surface area contributed by atoms with Crippen molar-refractivity contribution in [3.05, 3.63) is 105 Å². The molecule has 4 aromatic rings. The summed E-state index contributed by atoms with van der Waals surface area (Å²) in [4.78, 5) is 17.5. The SMILES string of the molecule is COc1cc(C2C(C(C)=O)=C(C)Nc3nc(SCc4ccccc4Cl)nn32)ccc1OCc1ccc(C)cc1. The van der Waals surface area contributed by atoms with Crippen LogP contribution in [-0.2, 0) is 17.2 Å². The van der Waals surface area contributed by atoms with Gasteiger partial charge >= 0.3 is 0 Å². The molecule has 5 rings (SSSR count). The minimum atomic E-state index is -0.471. The molecule has 1 N–H and O–H groups in total. The largest absolute Gasteiger partial charge is 0.493 e. The first kappa shape index (κ1) is 26.8. The predicted molar refractivity (Wildman–Crippen MR) is 155 cm³/mol. The summed E-state index contributed by atoms with van der Waals surface area (Å²) in [6.45, 7) is 5.92. The number of allylic oxidation sites excluding steroid dienone is 2. The van der Waals surface area contributed by atoms with Gasteiger partial charge in [0, 0.05) is 22.0 Å². The number of halogens is 1. The summed E-state index contributed by atoms with van der Waals surface area (Å²) in [6.07, 6.45) is 0. The number of ketones is 1. The van der Waals surface area contributed by atoms with Crippen molar-refractivity contribution in [1.29, 1.82) is 0 Å². The van der Waals surface area contributed by atoms with Crippen LogP contribution in [0.3, 0.4) is 0 Å². The number of nitrogens with one attached hydrogen (secondary N) is 1. The van der Waals surface area contributed by atoms with Gasteiger partial charge in [-0.25, -0.2) is 4.68 Å². The first-order valence-electron chi connectivity index (χ1n) is 12.5. The highest BCUT2D eigenvalue weighted by Crippen LogP contribution is 2.40. The summed E-state index contributed by atoms with van der Waals surface area (Å²) >= 11 is 7.82. The zero-order chi connectivity index (χ0) is 27.5. The van der Waals surface area contributed by atoms with Crippen molar-refractivity contribution in [3.8, 4) is 11.5 Å². The molecule has 1 aliphatic heterocycles. The maximum atomic E-state index is 12.8. The number of aromatic nitrogens is 3. The molecule has 7 nitrogen and oxygen atoms in total. The minimum Gasteiger partial charge on any atom is -0.493 e. The lowest BCUT2D eigenvalue weighted by atomic mass is 9.93. The Morgan fingerprint density at radius 1 is 1.08 bits per heavy atom. The van der Waals surface area contributed by atoms with E-state index in [1.807, 2.05) is 61.5 Å². The number of nitrogens with zero attached hydrogens (tertiary/aromatic N) is 3. The van der Waals surface area contributed by atoms with E-state index in [1.54, 1.807) is 18.7 Å². The highest BCUT2D eigenvalue weighted by Gasteiger charge is 2.33. The second-order valence-electron chi connectivity index (χ2n) is 9.35. The van der Waals surface area contributed by atoms with Gasteiger partial charge in [0.2, 0.25) is 11.1 Å². The van der Waals surface area contributed by atoms with E-state index in [4.69, 9.17) is 31.2 Å². The lowest BCUT2D eigenvalue weighted by Crippen LogP contribution is -2.27. The van der Waals surface area contributed by atoms with Crippen LogP contribution in [0, 0.1) is 6.92 Å². The van der Waals surface area contributed by atoms with Gasteiger partial charge in [0.1, 0.15) is 12.6 Å². The van der Waals surface area contributed by atoms with Gasteiger partial charge in [-0.3, -0.25) is 4.79 Å². The van der Waals surface area contributed by atoms with Gasteiger partial charge in [-0.05, 0) is 55.7 Å². The van der Waals surface area contributed by atoms with E-state index in [-0.39, 0.29) is 5.78 Å². The number of ether oxygens (including phenoxy) is 2. The van der Waals surface area contributed by atoms with E-state index in [0.717, 1.165) is 22.4 Å². The fraction of sp³-hybridized carbons (Fsp3) is 0.233. The van der Waals surface area contributed by atoms with Crippen LogP contribution in [0.4, 0.5) is 5.95 Å². The fourth-order valence-electron chi connectivity index (χ4n) is 4.53. The summed E-state index contributed by atoms with van der Waals surface area (Å²) < 4.78 is 13.5. The number of carbonyl (C=O) groups excluding carboxylic acids is 1. The van der Waals surface area contributed by atoms with Crippen LogP contribution in [0.1, 0.15) is 42.1 Å². The van der Waals surface area contributed by atoms with E-state index in [2.05, 4.69) is 24.4 Å². The Hall–Kier alpha value is -3.75. The maximum Gasteiger partial charge on any atom is 0.227 e. The van der Waals surface area contributed by atoms with Crippen molar-refractivity contribution < 1.29 is 14.3 Å². The second-order valence-corrected chi connectivity index (χ2v) is 10.7. The maximum absolute atomic E-state index is 12.8. The van der Waals surface area contributed by atoms with Crippen LogP contribution < -0.4 is 14.8 Å². The topological polar surface area (TPSA) is 78.3 Å². The predicted octanol–water partition coefficient (Wildman–Crippen LogP) is 7.00. The highest BCUT2D eigenvalue weighted by molar-refractivity contribution is 7.98. The van der Waals surface area contributed by atoms with Crippen molar-refractivity contribution >= 4 is 35.1 Å². The number of carbonyl (C=O) groups is 1. The quantitative estimate of drug-likeness (QED) is 0.221. The van der Waals surface area contributed by atoms with Crippen LogP contribution in [-0.4, -0.2) is 27.7 Å². The van der Waals surface area contributed by atoms with Crippen molar-refractivity contribution in [2.24, 2.45) is 0 Å². The Bertz CT molecular complexity index is 1550. The summed E-state index contributed by atoms with van der Waals surface area (Å²) in [5, 5.41) is 9.34. The average Bonchev–Trinajstić information content (AvgIpc) is 3.33. The molecule has 0 saturated carbocycles. The van der Waals surface area contributed by atoms with Gasteiger partial charge in [0.15, 0.2) is 17.3 Å². The first-order chi connectivity index (χ1) is 18.8. The van der Waals surface area contributed by atoms with Gasteiger partial charge in [-0.15, -0.1) is 5.10 Å². The number of anilines is 1. The number of fused-ring (bicyclic) bond motifs is 1. The van der Waals surface area contributed by atoms with Crippen LogP contribution in [0.2, 0.25) is 5.02 Å². The third-order valence-electron chi connectivity index (χ3n) is 6.55. The number of methoxy groups -OCH3 is 1. The van der Waals surface area contributed by atoms with Crippen LogP contribution in [0.5, 0.6) is 11.5 Å².